The van der Waals surface area contributed by atoms with E-state index in [1.165, 1.54) is 12.1 Å². The molecule has 1 aliphatic rings. The summed E-state index contributed by atoms with van der Waals surface area (Å²) in [6, 6.07) is 5.86. The van der Waals surface area contributed by atoms with Gasteiger partial charge in [-0.1, -0.05) is 12.1 Å². The molecule has 100 valence electrons. The van der Waals surface area contributed by atoms with Crippen LogP contribution in [0.25, 0.3) is 0 Å². The van der Waals surface area contributed by atoms with Crippen LogP contribution in [0.2, 0.25) is 0 Å². The van der Waals surface area contributed by atoms with Gasteiger partial charge in [-0.3, -0.25) is 0 Å². The molecule has 0 saturated heterocycles. The van der Waals surface area contributed by atoms with Crippen LogP contribution in [-0.4, -0.2) is 40.2 Å². The quantitative estimate of drug-likeness (QED) is 0.612. The Labute approximate surface area is 105 Å². The molecule has 0 bridgehead atoms. The van der Waals surface area contributed by atoms with Crippen molar-refractivity contribution in [3.05, 3.63) is 35.6 Å². The van der Waals surface area contributed by atoms with Crippen molar-refractivity contribution in [2.24, 2.45) is 5.92 Å². The minimum atomic E-state index is -0.888. The Kier molecular flexibility index (Phi) is 4.29. The number of nitrogens with one attached hydrogen (secondary N) is 1. The molecular formula is C13H18FNO3. The van der Waals surface area contributed by atoms with Gasteiger partial charge in [0.05, 0.1) is 12.2 Å². The molecule has 4 N–H and O–H groups in total. The van der Waals surface area contributed by atoms with E-state index < -0.39 is 12.2 Å². The van der Waals surface area contributed by atoms with Crippen LogP contribution >= 0.6 is 0 Å². The van der Waals surface area contributed by atoms with E-state index in [0.717, 1.165) is 5.56 Å². The first-order valence-corrected chi connectivity index (χ1v) is 6.06. The zero-order valence-corrected chi connectivity index (χ0v) is 9.96. The molecule has 4 nitrogen and oxygen atoms in total. The van der Waals surface area contributed by atoms with E-state index in [0.29, 0.717) is 13.0 Å². The van der Waals surface area contributed by atoms with Crippen LogP contribution in [0, 0.1) is 11.7 Å². The second kappa shape index (κ2) is 5.75. The van der Waals surface area contributed by atoms with Gasteiger partial charge in [0.15, 0.2) is 0 Å². The fraction of sp³-hybridized carbons (Fsp3) is 0.538. The highest BCUT2D eigenvalue weighted by Crippen LogP contribution is 2.26. The van der Waals surface area contributed by atoms with Gasteiger partial charge in [0, 0.05) is 25.1 Å². The summed E-state index contributed by atoms with van der Waals surface area (Å²) in [5, 5.41) is 31.6. The summed E-state index contributed by atoms with van der Waals surface area (Å²) in [5.74, 6) is -0.568. The van der Waals surface area contributed by atoms with Gasteiger partial charge in [-0.2, -0.15) is 0 Å². The molecule has 1 aromatic rings. The highest BCUT2D eigenvalue weighted by molar-refractivity contribution is 5.16. The van der Waals surface area contributed by atoms with E-state index in [9.17, 15) is 14.6 Å². The molecule has 5 heteroatoms. The lowest BCUT2D eigenvalue weighted by atomic mass is 10.1. The van der Waals surface area contributed by atoms with Crippen LogP contribution in [0.15, 0.2) is 24.3 Å². The second-order valence-electron chi connectivity index (χ2n) is 4.77. The van der Waals surface area contributed by atoms with Crippen molar-refractivity contribution in [3.63, 3.8) is 0 Å². The van der Waals surface area contributed by atoms with Crippen molar-refractivity contribution >= 4 is 0 Å². The summed E-state index contributed by atoms with van der Waals surface area (Å²) in [5.41, 5.74) is 0.908. The van der Waals surface area contributed by atoms with Gasteiger partial charge in [-0.15, -0.1) is 0 Å². The van der Waals surface area contributed by atoms with Gasteiger partial charge < -0.3 is 20.6 Å². The minimum Gasteiger partial charge on any atom is -0.396 e. The Morgan fingerprint density at radius 1 is 1.17 bits per heavy atom. The van der Waals surface area contributed by atoms with Crippen molar-refractivity contribution in [1.29, 1.82) is 0 Å². The van der Waals surface area contributed by atoms with Crippen molar-refractivity contribution in [2.75, 3.05) is 6.61 Å². The molecule has 18 heavy (non-hydrogen) atoms. The first kappa shape index (κ1) is 13.4. The molecule has 0 aliphatic heterocycles. The summed E-state index contributed by atoms with van der Waals surface area (Å²) >= 11 is 0. The predicted octanol–water partition coefficient (Wildman–Crippen LogP) is 0.0179. The van der Waals surface area contributed by atoms with E-state index in [1.807, 2.05) is 0 Å². The highest BCUT2D eigenvalue weighted by Gasteiger charge is 2.40. The lowest BCUT2D eigenvalue weighted by molar-refractivity contribution is -0.000337. The molecule has 1 fully saturated rings. The lowest BCUT2D eigenvalue weighted by Gasteiger charge is -2.18. The summed E-state index contributed by atoms with van der Waals surface area (Å²) in [4.78, 5) is 0. The average Bonchev–Trinajstić information content (AvgIpc) is 2.65. The number of aliphatic hydroxyl groups is 3. The molecule has 0 spiro atoms. The van der Waals surface area contributed by atoms with E-state index in [2.05, 4.69) is 5.32 Å². The fourth-order valence-electron chi connectivity index (χ4n) is 2.36. The largest absolute Gasteiger partial charge is 0.396 e. The van der Waals surface area contributed by atoms with E-state index in [1.54, 1.807) is 12.1 Å². The molecule has 0 aromatic heterocycles. The topological polar surface area (TPSA) is 72.7 Å². The highest BCUT2D eigenvalue weighted by atomic mass is 19.1. The molecular weight excluding hydrogens is 237 g/mol. The molecule has 1 saturated carbocycles. The van der Waals surface area contributed by atoms with Crippen molar-refractivity contribution in [2.45, 2.75) is 31.2 Å². The molecule has 1 aromatic carbocycles. The number of rotatable bonds is 4. The molecule has 0 heterocycles. The minimum absolute atomic E-state index is 0.132. The average molecular weight is 255 g/mol. The first-order valence-electron chi connectivity index (χ1n) is 6.06. The Morgan fingerprint density at radius 3 is 2.39 bits per heavy atom. The normalized spacial score (nSPS) is 31.8. The van der Waals surface area contributed by atoms with Gasteiger partial charge in [0.25, 0.3) is 0 Å². The van der Waals surface area contributed by atoms with Crippen LogP contribution in [0.1, 0.15) is 12.0 Å². The number of hydrogen-bond donors (Lipinski definition) is 4. The number of benzene rings is 1. The van der Waals surface area contributed by atoms with Crippen molar-refractivity contribution in [1.82, 2.24) is 5.32 Å². The second-order valence-corrected chi connectivity index (χ2v) is 4.77. The lowest BCUT2D eigenvalue weighted by Crippen LogP contribution is -2.39. The zero-order chi connectivity index (χ0) is 13.1. The molecule has 4 atom stereocenters. The Bertz CT molecular complexity index is 384. The Morgan fingerprint density at radius 2 is 1.83 bits per heavy atom. The maximum Gasteiger partial charge on any atom is 0.123 e. The molecule has 0 radical (unpaired) electrons. The van der Waals surface area contributed by atoms with Crippen LogP contribution in [0.3, 0.4) is 0 Å². The maximum absolute atomic E-state index is 12.7. The summed E-state index contributed by atoms with van der Waals surface area (Å²) in [7, 11) is 0. The third kappa shape index (κ3) is 2.87. The molecule has 2 rings (SSSR count). The zero-order valence-electron chi connectivity index (χ0n) is 9.96. The van der Waals surface area contributed by atoms with Crippen LogP contribution in [-0.2, 0) is 6.54 Å². The van der Waals surface area contributed by atoms with E-state index in [4.69, 9.17) is 5.11 Å². The smallest absolute Gasteiger partial charge is 0.123 e. The summed E-state index contributed by atoms with van der Waals surface area (Å²) in [6.07, 6.45) is -1.23. The van der Waals surface area contributed by atoms with Crippen LogP contribution < -0.4 is 5.32 Å². The standard InChI is InChI=1S/C13H18FNO3/c14-10-3-1-8(2-4-10)6-15-11-5-9(7-16)12(17)13(11)18/h1-4,9,11-13,15-18H,5-7H2. The number of aliphatic hydroxyl groups excluding tert-OH is 3. The third-order valence-electron chi connectivity index (χ3n) is 3.52. The van der Waals surface area contributed by atoms with Crippen molar-refractivity contribution in [3.8, 4) is 0 Å². The molecule has 0 amide bonds. The van der Waals surface area contributed by atoms with Gasteiger partial charge in [-0.05, 0) is 24.1 Å². The Balaban J connectivity index is 1.89. The van der Waals surface area contributed by atoms with Crippen LogP contribution in [0.5, 0.6) is 0 Å². The Hall–Kier alpha value is -1.01. The maximum atomic E-state index is 12.7. The first-order chi connectivity index (χ1) is 8.61. The number of hydrogen-bond acceptors (Lipinski definition) is 4. The monoisotopic (exact) mass is 255 g/mol. The van der Waals surface area contributed by atoms with E-state index in [-0.39, 0.29) is 24.4 Å². The fourth-order valence-corrected chi connectivity index (χ4v) is 2.36. The third-order valence-corrected chi connectivity index (χ3v) is 3.52. The van der Waals surface area contributed by atoms with Gasteiger partial charge in [-0.25, -0.2) is 4.39 Å². The van der Waals surface area contributed by atoms with E-state index >= 15 is 0 Å². The van der Waals surface area contributed by atoms with Crippen molar-refractivity contribution < 1.29 is 19.7 Å². The van der Waals surface area contributed by atoms with Gasteiger partial charge in [0.2, 0.25) is 0 Å². The predicted molar refractivity (Wildman–Crippen MR) is 64.2 cm³/mol. The van der Waals surface area contributed by atoms with Crippen LogP contribution in [0.4, 0.5) is 4.39 Å². The number of halogens is 1. The molecule has 4 unspecified atom stereocenters. The van der Waals surface area contributed by atoms with Gasteiger partial charge >= 0.3 is 0 Å². The van der Waals surface area contributed by atoms with Gasteiger partial charge in [0.1, 0.15) is 5.82 Å². The SMILES string of the molecule is OCC1CC(NCc2ccc(F)cc2)C(O)C1O. The molecule has 1 aliphatic carbocycles. The summed E-state index contributed by atoms with van der Waals surface area (Å²) in [6.45, 7) is 0.361. The summed E-state index contributed by atoms with van der Waals surface area (Å²) < 4.78 is 12.7.